The molecule has 2 amide bonds. The van der Waals surface area contributed by atoms with Gasteiger partial charge in [0.2, 0.25) is 11.8 Å². The van der Waals surface area contributed by atoms with E-state index in [0.717, 1.165) is 29.4 Å². The van der Waals surface area contributed by atoms with Crippen molar-refractivity contribution < 1.29 is 9.59 Å². The number of benzene rings is 2. The number of carbonyl (C=O) groups excluding carboxylic acids is 2. The molecule has 6 nitrogen and oxygen atoms in total. The van der Waals surface area contributed by atoms with Crippen molar-refractivity contribution in [1.29, 1.82) is 0 Å². The smallest absolute Gasteiger partial charge is 0.243 e. The first kappa shape index (κ1) is 19.9. The van der Waals surface area contributed by atoms with Gasteiger partial charge >= 0.3 is 0 Å². The molecule has 0 atom stereocenters. The third kappa shape index (κ3) is 4.76. The molecule has 2 heterocycles. The number of pyridine rings is 1. The van der Waals surface area contributed by atoms with Crippen molar-refractivity contribution in [2.75, 3.05) is 29.9 Å². The monoisotopic (exact) mass is 402 g/mol. The van der Waals surface area contributed by atoms with Crippen molar-refractivity contribution in [3.63, 3.8) is 0 Å². The van der Waals surface area contributed by atoms with E-state index in [1.807, 2.05) is 42.5 Å². The van der Waals surface area contributed by atoms with E-state index >= 15 is 0 Å². The second-order valence-electron chi connectivity index (χ2n) is 7.59. The Morgan fingerprint density at radius 2 is 1.70 bits per heavy atom. The number of nitrogens with one attached hydrogen (secondary N) is 2. The predicted octanol–water partition coefficient (Wildman–Crippen LogP) is 3.52. The first-order valence-electron chi connectivity index (χ1n) is 10.4. The molecule has 0 saturated carbocycles. The first-order valence-corrected chi connectivity index (χ1v) is 10.4. The molecule has 1 fully saturated rings. The van der Waals surface area contributed by atoms with Crippen LogP contribution in [0.2, 0.25) is 0 Å². The van der Waals surface area contributed by atoms with Gasteiger partial charge in [-0.1, -0.05) is 30.3 Å². The summed E-state index contributed by atoms with van der Waals surface area (Å²) in [5.74, 6) is -0.435. The summed E-state index contributed by atoms with van der Waals surface area (Å²) < 4.78 is 0. The van der Waals surface area contributed by atoms with Gasteiger partial charge in [-0.25, -0.2) is 0 Å². The van der Waals surface area contributed by atoms with Gasteiger partial charge < -0.3 is 15.5 Å². The van der Waals surface area contributed by atoms with Gasteiger partial charge in [-0.2, -0.15) is 0 Å². The lowest BCUT2D eigenvalue weighted by Gasteiger charge is -2.30. The van der Waals surface area contributed by atoms with Gasteiger partial charge in [0, 0.05) is 41.9 Å². The molecular weight excluding hydrogens is 376 g/mol. The maximum Gasteiger partial charge on any atom is 0.243 e. The molecule has 6 heteroatoms. The molecule has 30 heavy (non-hydrogen) atoms. The molecule has 0 unspecified atom stereocenters. The number of aromatic nitrogens is 1. The lowest BCUT2D eigenvalue weighted by Crippen LogP contribution is -2.33. The Balaban J connectivity index is 1.42. The van der Waals surface area contributed by atoms with Gasteiger partial charge in [0.1, 0.15) is 0 Å². The summed E-state index contributed by atoms with van der Waals surface area (Å²) in [6, 6.07) is 15.5. The highest BCUT2D eigenvalue weighted by Crippen LogP contribution is 2.33. The van der Waals surface area contributed by atoms with Crippen LogP contribution in [0.15, 0.2) is 60.9 Å². The fourth-order valence-corrected chi connectivity index (χ4v) is 3.91. The van der Waals surface area contributed by atoms with Gasteiger partial charge in [-0.3, -0.25) is 14.6 Å². The molecule has 2 N–H and O–H groups in total. The highest BCUT2D eigenvalue weighted by molar-refractivity contribution is 6.07. The SMILES string of the molecule is O=C(Cc1ccccc1)NCC(=O)Nc1ccc(N2CCCCC2)c2ccncc12. The summed E-state index contributed by atoms with van der Waals surface area (Å²) in [6.07, 6.45) is 7.50. The Labute approximate surface area is 176 Å². The zero-order valence-corrected chi connectivity index (χ0v) is 16.9. The predicted molar refractivity (Wildman–Crippen MR) is 120 cm³/mol. The van der Waals surface area contributed by atoms with Gasteiger partial charge in [-0.05, 0) is 43.0 Å². The largest absolute Gasteiger partial charge is 0.371 e. The van der Waals surface area contributed by atoms with Crippen molar-refractivity contribution in [3.05, 3.63) is 66.5 Å². The van der Waals surface area contributed by atoms with Gasteiger partial charge in [0.25, 0.3) is 0 Å². The highest BCUT2D eigenvalue weighted by Gasteiger charge is 2.16. The molecule has 154 valence electrons. The molecular formula is C24H26N4O2. The van der Waals surface area contributed by atoms with Gasteiger partial charge in [0.15, 0.2) is 0 Å². The summed E-state index contributed by atoms with van der Waals surface area (Å²) in [5.41, 5.74) is 2.81. The van der Waals surface area contributed by atoms with Crippen LogP contribution < -0.4 is 15.5 Å². The van der Waals surface area contributed by atoms with Crippen LogP contribution in [-0.2, 0) is 16.0 Å². The molecule has 4 rings (SSSR count). The molecule has 1 aromatic heterocycles. The fourth-order valence-electron chi connectivity index (χ4n) is 3.91. The van der Waals surface area contributed by atoms with E-state index < -0.39 is 0 Å². The number of piperidine rings is 1. The van der Waals surface area contributed by atoms with Crippen molar-refractivity contribution in [1.82, 2.24) is 10.3 Å². The Hall–Kier alpha value is -3.41. The summed E-state index contributed by atoms with van der Waals surface area (Å²) in [4.78, 5) is 31.2. The number of anilines is 2. The normalized spacial score (nSPS) is 13.8. The summed E-state index contributed by atoms with van der Waals surface area (Å²) in [7, 11) is 0. The number of hydrogen-bond acceptors (Lipinski definition) is 4. The first-order chi connectivity index (χ1) is 14.7. The van der Waals surface area contributed by atoms with Crippen LogP contribution in [0.4, 0.5) is 11.4 Å². The minimum absolute atomic E-state index is 0.0682. The highest BCUT2D eigenvalue weighted by atomic mass is 16.2. The second-order valence-corrected chi connectivity index (χ2v) is 7.59. The standard InChI is InChI=1S/C24H26N4O2/c29-23(15-18-7-3-1-4-8-18)26-17-24(30)27-21-9-10-22(28-13-5-2-6-14-28)19-11-12-25-16-20(19)21/h1,3-4,7-12,16H,2,5-6,13-15,17H2,(H,26,29)(H,27,30). The van der Waals surface area contributed by atoms with Crippen molar-refractivity contribution >= 4 is 34.0 Å². The zero-order valence-electron chi connectivity index (χ0n) is 16.9. The van der Waals surface area contributed by atoms with Crippen LogP contribution in [0.25, 0.3) is 10.8 Å². The number of fused-ring (bicyclic) bond motifs is 1. The van der Waals surface area contributed by atoms with Gasteiger partial charge in [0.05, 0.1) is 18.7 Å². The van der Waals surface area contributed by atoms with Crippen LogP contribution >= 0.6 is 0 Å². The Bertz CT molecular complexity index is 1030. The molecule has 0 spiro atoms. The van der Waals surface area contributed by atoms with E-state index in [1.165, 1.54) is 24.9 Å². The second kappa shape index (κ2) is 9.39. The summed E-state index contributed by atoms with van der Waals surface area (Å²) in [6.45, 7) is 2.04. The molecule has 0 aliphatic carbocycles. The van der Waals surface area contributed by atoms with Gasteiger partial charge in [-0.15, -0.1) is 0 Å². The van der Waals surface area contributed by atoms with Crippen LogP contribution in [0.1, 0.15) is 24.8 Å². The number of rotatable bonds is 6. The molecule has 1 saturated heterocycles. The number of amides is 2. The van der Waals surface area contributed by atoms with E-state index in [1.54, 1.807) is 12.4 Å². The van der Waals surface area contributed by atoms with Crippen LogP contribution in [0.5, 0.6) is 0 Å². The molecule has 1 aliphatic heterocycles. The van der Waals surface area contributed by atoms with E-state index in [4.69, 9.17) is 0 Å². The molecule has 0 bridgehead atoms. The molecule has 3 aromatic rings. The average Bonchev–Trinajstić information content (AvgIpc) is 2.79. The van der Waals surface area contributed by atoms with Crippen molar-refractivity contribution in [2.45, 2.75) is 25.7 Å². The van der Waals surface area contributed by atoms with Crippen molar-refractivity contribution in [3.8, 4) is 0 Å². The maximum atomic E-state index is 12.4. The third-order valence-corrected chi connectivity index (χ3v) is 5.42. The Kier molecular flexibility index (Phi) is 6.23. The number of nitrogens with zero attached hydrogens (tertiary/aromatic N) is 2. The van der Waals surface area contributed by atoms with Crippen LogP contribution in [0, 0.1) is 0 Å². The topological polar surface area (TPSA) is 74.3 Å². The number of carbonyl (C=O) groups is 2. The molecule has 2 aromatic carbocycles. The Morgan fingerprint density at radius 1 is 0.900 bits per heavy atom. The molecule has 0 radical (unpaired) electrons. The average molecular weight is 402 g/mol. The van der Waals surface area contributed by atoms with E-state index in [0.29, 0.717) is 5.69 Å². The van der Waals surface area contributed by atoms with E-state index in [2.05, 4.69) is 26.6 Å². The lowest BCUT2D eigenvalue weighted by molar-refractivity contribution is -0.123. The Morgan fingerprint density at radius 3 is 2.50 bits per heavy atom. The van der Waals surface area contributed by atoms with Crippen LogP contribution in [0.3, 0.4) is 0 Å². The zero-order chi connectivity index (χ0) is 20.8. The van der Waals surface area contributed by atoms with E-state index in [-0.39, 0.29) is 24.8 Å². The maximum absolute atomic E-state index is 12.4. The molecule has 1 aliphatic rings. The van der Waals surface area contributed by atoms with E-state index in [9.17, 15) is 9.59 Å². The third-order valence-electron chi connectivity index (χ3n) is 5.42. The lowest BCUT2D eigenvalue weighted by atomic mass is 10.1. The minimum Gasteiger partial charge on any atom is -0.371 e. The fraction of sp³-hybridized carbons (Fsp3) is 0.292. The summed E-state index contributed by atoms with van der Waals surface area (Å²) >= 11 is 0. The van der Waals surface area contributed by atoms with Crippen LogP contribution in [-0.4, -0.2) is 36.4 Å². The number of hydrogen-bond donors (Lipinski definition) is 2. The summed E-state index contributed by atoms with van der Waals surface area (Å²) in [5, 5.41) is 7.60. The minimum atomic E-state index is -0.257. The van der Waals surface area contributed by atoms with Crippen molar-refractivity contribution in [2.24, 2.45) is 0 Å². The quantitative estimate of drug-likeness (QED) is 0.662.